The number of nitrogens with one attached hydrogen (secondary N) is 2. The van der Waals surface area contributed by atoms with Crippen molar-refractivity contribution in [2.24, 2.45) is 10.2 Å². The van der Waals surface area contributed by atoms with Gasteiger partial charge in [0.15, 0.2) is 13.6 Å². The fraction of sp³-hybridized carbons (Fsp3) is 0.412. The van der Waals surface area contributed by atoms with Crippen molar-refractivity contribution in [1.29, 1.82) is 0 Å². The van der Waals surface area contributed by atoms with E-state index in [-0.39, 0.29) is 11.8 Å². The van der Waals surface area contributed by atoms with Gasteiger partial charge in [-0.05, 0) is 23.2 Å². The van der Waals surface area contributed by atoms with Gasteiger partial charge in [-0.3, -0.25) is 4.79 Å². The Morgan fingerprint density at radius 3 is 2.92 bits per heavy atom. The number of azo groups is 1. The zero-order valence-corrected chi connectivity index (χ0v) is 17.7. The number of benzene rings is 1. The van der Waals surface area contributed by atoms with E-state index in [9.17, 15) is 4.79 Å². The number of aromatic nitrogens is 1. The molecular weight excluding hydrogens is 488 g/mol. The first-order valence-corrected chi connectivity index (χ1v) is 10.6. The normalized spacial score (nSPS) is 19.8. The SMILES string of the molecule is C[N+]1=NCC(c2cc(Cl)c(Cl)c3[nH]c4c(c23)CC(=O)NCC4CCI)=N1. The molecule has 0 aliphatic carbocycles. The number of carbonyl (C=O) groups is 1. The minimum Gasteiger partial charge on any atom is -0.357 e. The maximum Gasteiger partial charge on any atom is 0.224 e. The van der Waals surface area contributed by atoms with Gasteiger partial charge in [-0.1, -0.05) is 45.8 Å². The number of hydrazone groups is 1. The van der Waals surface area contributed by atoms with Gasteiger partial charge in [0.25, 0.3) is 0 Å². The van der Waals surface area contributed by atoms with Crippen molar-refractivity contribution in [3.05, 3.63) is 32.9 Å². The highest BCUT2D eigenvalue weighted by Gasteiger charge is 2.30. The lowest BCUT2D eigenvalue weighted by molar-refractivity contribution is -0.565. The zero-order valence-electron chi connectivity index (χ0n) is 14.1. The molecule has 0 saturated carbocycles. The number of nitrogens with zero attached hydrogens (tertiary/aromatic N) is 3. The van der Waals surface area contributed by atoms with Crippen LogP contribution in [0, 0.1) is 0 Å². The Morgan fingerprint density at radius 1 is 1.42 bits per heavy atom. The van der Waals surface area contributed by atoms with E-state index >= 15 is 0 Å². The molecule has 9 heteroatoms. The predicted molar refractivity (Wildman–Crippen MR) is 111 cm³/mol. The van der Waals surface area contributed by atoms with Crippen molar-refractivity contribution in [1.82, 2.24) is 10.3 Å². The van der Waals surface area contributed by atoms with Crippen LogP contribution in [0.15, 0.2) is 16.3 Å². The summed E-state index contributed by atoms with van der Waals surface area (Å²) in [5, 5.41) is 13.7. The van der Waals surface area contributed by atoms with Gasteiger partial charge in [0.05, 0.1) is 22.0 Å². The van der Waals surface area contributed by atoms with E-state index < -0.39 is 0 Å². The lowest BCUT2D eigenvalue weighted by Crippen LogP contribution is -2.26. The summed E-state index contributed by atoms with van der Waals surface area (Å²) in [5.41, 5.74) is 4.57. The highest BCUT2D eigenvalue weighted by molar-refractivity contribution is 14.1. The van der Waals surface area contributed by atoms with Crippen molar-refractivity contribution in [3.8, 4) is 0 Å². The standard InChI is InChI=1S/C17H16Cl2IN5O/c1-25-22-7-12(24-25)9-4-11(18)15(19)17-14(9)10-5-13(26)21-6-8(2-3-20)16(10)23-17/h4,8H,2-3,5-7H2,1H3,(H-,21,22,23,24,26)/p+1. The van der Waals surface area contributed by atoms with E-state index in [1.54, 1.807) is 11.9 Å². The molecule has 2 aliphatic heterocycles. The summed E-state index contributed by atoms with van der Waals surface area (Å²) in [6.07, 6.45) is 1.29. The quantitative estimate of drug-likeness (QED) is 0.371. The average Bonchev–Trinajstić information content (AvgIpc) is 3.16. The van der Waals surface area contributed by atoms with Crippen molar-refractivity contribution >= 4 is 68.3 Å². The number of rotatable bonds is 3. The smallest absolute Gasteiger partial charge is 0.224 e. The number of hydrogen-bond donors (Lipinski definition) is 2. The second-order valence-corrected chi connectivity index (χ2v) is 8.34. The van der Waals surface area contributed by atoms with Gasteiger partial charge in [0.2, 0.25) is 5.91 Å². The molecule has 1 amide bonds. The van der Waals surface area contributed by atoms with Crippen molar-refractivity contribution in [2.45, 2.75) is 18.8 Å². The predicted octanol–water partition coefficient (Wildman–Crippen LogP) is 3.87. The summed E-state index contributed by atoms with van der Waals surface area (Å²) >= 11 is 15.3. The lowest BCUT2D eigenvalue weighted by Gasteiger charge is -2.13. The first-order valence-electron chi connectivity index (χ1n) is 8.33. The van der Waals surface area contributed by atoms with Gasteiger partial charge in [0, 0.05) is 43.4 Å². The molecule has 2 aromatic rings. The number of fused-ring (bicyclic) bond motifs is 3. The van der Waals surface area contributed by atoms with Gasteiger partial charge < -0.3 is 10.3 Å². The largest absolute Gasteiger partial charge is 0.357 e. The third kappa shape index (κ3) is 3.03. The van der Waals surface area contributed by atoms with E-state index in [1.807, 2.05) is 6.07 Å². The summed E-state index contributed by atoms with van der Waals surface area (Å²) in [4.78, 5) is 17.4. The van der Waals surface area contributed by atoms with Crippen LogP contribution in [0.4, 0.5) is 0 Å². The summed E-state index contributed by atoms with van der Waals surface area (Å²) in [6, 6.07) is 1.84. The molecule has 2 aliphatic rings. The van der Waals surface area contributed by atoms with Crippen LogP contribution in [0.3, 0.4) is 0 Å². The molecule has 0 fully saturated rings. The molecule has 26 heavy (non-hydrogen) atoms. The summed E-state index contributed by atoms with van der Waals surface area (Å²) < 4.78 is 1.00. The Kier molecular flexibility index (Phi) is 4.96. The minimum atomic E-state index is 0.0234. The molecule has 2 N–H and O–H groups in total. The van der Waals surface area contributed by atoms with E-state index in [0.29, 0.717) is 29.6 Å². The van der Waals surface area contributed by atoms with Crippen molar-refractivity contribution < 1.29 is 9.60 Å². The number of aromatic amines is 1. The number of hydrogen-bond acceptors (Lipinski definition) is 3. The molecule has 6 nitrogen and oxygen atoms in total. The van der Waals surface area contributed by atoms with Crippen LogP contribution in [0.1, 0.15) is 29.2 Å². The van der Waals surface area contributed by atoms with Crippen LogP contribution in [-0.4, -0.2) is 46.0 Å². The maximum atomic E-state index is 12.3. The molecule has 0 bridgehead atoms. The van der Waals surface area contributed by atoms with E-state index in [2.05, 4.69) is 43.1 Å². The Labute approximate surface area is 174 Å². The molecule has 1 unspecified atom stereocenters. The molecule has 3 heterocycles. The summed E-state index contributed by atoms with van der Waals surface area (Å²) in [7, 11) is 1.79. The van der Waals surface area contributed by atoms with Crippen LogP contribution in [0.25, 0.3) is 10.9 Å². The van der Waals surface area contributed by atoms with Crippen molar-refractivity contribution in [2.75, 3.05) is 24.6 Å². The number of amides is 1. The second kappa shape index (κ2) is 7.09. The summed E-state index contributed by atoms with van der Waals surface area (Å²) in [5.74, 6) is 0.247. The molecule has 1 aromatic carbocycles. The van der Waals surface area contributed by atoms with Gasteiger partial charge in [-0.25, -0.2) is 0 Å². The van der Waals surface area contributed by atoms with Crippen LogP contribution >= 0.6 is 45.8 Å². The van der Waals surface area contributed by atoms with Crippen LogP contribution in [-0.2, 0) is 11.2 Å². The van der Waals surface area contributed by atoms with E-state index in [1.165, 1.54) is 0 Å². The molecule has 4 rings (SSSR count). The average molecular weight is 505 g/mol. The van der Waals surface area contributed by atoms with E-state index in [4.69, 9.17) is 23.2 Å². The van der Waals surface area contributed by atoms with Crippen LogP contribution in [0.2, 0.25) is 10.0 Å². The Bertz CT molecular complexity index is 981. The molecular formula is C17H17Cl2IN5O+. The van der Waals surface area contributed by atoms with Gasteiger partial charge in [0.1, 0.15) is 5.71 Å². The molecule has 136 valence electrons. The Balaban J connectivity index is 2.01. The molecule has 0 spiro atoms. The highest BCUT2D eigenvalue weighted by Crippen LogP contribution is 2.40. The van der Waals surface area contributed by atoms with Crippen LogP contribution < -0.4 is 5.32 Å². The van der Waals surface area contributed by atoms with Crippen molar-refractivity contribution in [3.63, 3.8) is 0 Å². The third-order valence-corrected chi connectivity index (χ3v) is 6.27. The fourth-order valence-corrected chi connectivity index (χ4v) is 4.80. The third-order valence-electron chi connectivity index (χ3n) is 4.86. The maximum absolute atomic E-state index is 12.3. The second-order valence-electron chi connectivity index (χ2n) is 6.48. The van der Waals surface area contributed by atoms with Gasteiger partial charge in [-0.15, -0.1) is 0 Å². The zero-order chi connectivity index (χ0) is 18.4. The number of H-pyrrole nitrogens is 1. The first kappa shape index (κ1) is 18.2. The minimum absolute atomic E-state index is 0.0234. The summed E-state index contributed by atoms with van der Waals surface area (Å²) in [6.45, 7) is 1.11. The molecule has 1 aromatic heterocycles. The number of carbonyl (C=O) groups excluding carboxylic acids is 1. The molecule has 0 saturated heterocycles. The molecule has 1 atom stereocenters. The Morgan fingerprint density at radius 2 is 2.23 bits per heavy atom. The topological polar surface area (TPSA) is 72.6 Å². The van der Waals surface area contributed by atoms with E-state index in [0.717, 1.165) is 44.3 Å². The highest BCUT2D eigenvalue weighted by atomic mass is 127. The monoisotopic (exact) mass is 504 g/mol. The Hall–Kier alpha value is -1.19. The lowest BCUT2D eigenvalue weighted by atomic mass is 9.94. The van der Waals surface area contributed by atoms with Crippen LogP contribution in [0.5, 0.6) is 0 Å². The molecule has 0 radical (unpaired) electrons. The number of alkyl halides is 1. The first-order chi connectivity index (χ1) is 12.5. The fourth-order valence-electron chi connectivity index (χ4n) is 3.65. The van der Waals surface area contributed by atoms with Gasteiger partial charge in [-0.2, -0.15) is 0 Å². The van der Waals surface area contributed by atoms with Gasteiger partial charge >= 0.3 is 0 Å². The number of halogens is 3.